The molecule has 10 heteroatoms. The number of nitrogens with zero attached hydrogens (tertiary/aromatic N) is 6. The summed E-state index contributed by atoms with van der Waals surface area (Å²) in [6.45, 7) is 1.86. The molecule has 0 bridgehead atoms. The molecule has 0 atom stereocenters. The van der Waals surface area contributed by atoms with Gasteiger partial charge in [0.15, 0.2) is 11.5 Å². The second-order valence-corrected chi connectivity index (χ2v) is 7.39. The van der Waals surface area contributed by atoms with Gasteiger partial charge in [-0.2, -0.15) is 14.8 Å². The molecule has 0 unspecified atom stereocenters. The van der Waals surface area contributed by atoms with Crippen LogP contribution in [0.2, 0.25) is 0 Å². The minimum atomic E-state index is 0.507. The molecule has 3 heterocycles. The number of hydrogen-bond donors (Lipinski definition) is 1. The van der Waals surface area contributed by atoms with Gasteiger partial charge in [0.05, 0.1) is 0 Å². The van der Waals surface area contributed by atoms with Gasteiger partial charge in [0.25, 0.3) is 5.95 Å². The molecule has 0 aliphatic carbocycles. The maximum absolute atomic E-state index is 5.66. The van der Waals surface area contributed by atoms with Gasteiger partial charge in [-0.1, -0.05) is 12.1 Å². The van der Waals surface area contributed by atoms with Crippen LogP contribution in [0.25, 0.3) is 5.95 Å². The first-order valence-electron chi connectivity index (χ1n) is 9.41. The van der Waals surface area contributed by atoms with Crippen molar-refractivity contribution in [1.29, 1.82) is 0 Å². The third-order valence-electron chi connectivity index (χ3n) is 4.65. The molecule has 0 fully saturated rings. The third kappa shape index (κ3) is 3.77. The van der Waals surface area contributed by atoms with E-state index < -0.39 is 0 Å². The van der Waals surface area contributed by atoms with E-state index in [1.807, 2.05) is 48.3 Å². The van der Waals surface area contributed by atoms with Crippen LogP contribution in [0.4, 0.5) is 16.5 Å². The summed E-state index contributed by atoms with van der Waals surface area (Å²) in [7, 11) is 1.96. The standard InChI is InChI=1S/C20H19N7O2S/c1-26(20-24-19(25-30-20)27-13-21-12-23-27)16-4-2-3-15(10-16)22-11-14-5-6-17-18(9-14)29-8-7-28-17/h2-6,9-10,12-13,22H,7-8,11H2,1H3. The van der Waals surface area contributed by atoms with Crippen molar-refractivity contribution in [2.24, 2.45) is 0 Å². The van der Waals surface area contributed by atoms with Crippen molar-refractivity contribution in [3.05, 3.63) is 60.7 Å². The molecule has 1 aliphatic rings. The number of fused-ring (bicyclic) bond motifs is 1. The summed E-state index contributed by atoms with van der Waals surface area (Å²) in [5.74, 6) is 2.11. The fourth-order valence-corrected chi connectivity index (χ4v) is 3.72. The Morgan fingerprint density at radius 2 is 2.03 bits per heavy atom. The summed E-state index contributed by atoms with van der Waals surface area (Å²) >= 11 is 1.31. The van der Waals surface area contributed by atoms with Gasteiger partial charge in [0.1, 0.15) is 25.9 Å². The van der Waals surface area contributed by atoms with Crippen molar-refractivity contribution < 1.29 is 9.47 Å². The number of rotatable bonds is 6. The lowest BCUT2D eigenvalue weighted by Gasteiger charge is -2.19. The molecule has 30 heavy (non-hydrogen) atoms. The molecule has 0 saturated heterocycles. The summed E-state index contributed by atoms with van der Waals surface area (Å²) in [4.78, 5) is 10.5. The van der Waals surface area contributed by atoms with Crippen LogP contribution in [-0.2, 0) is 6.54 Å². The number of anilines is 3. The number of hydrogen-bond acceptors (Lipinski definition) is 9. The SMILES string of the molecule is CN(c1cccc(NCc2ccc3c(c2)OCCO3)c1)c1nc(-n2cncn2)ns1. The summed E-state index contributed by atoms with van der Waals surface area (Å²) in [5, 5.41) is 8.30. The van der Waals surface area contributed by atoms with E-state index in [9.17, 15) is 0 Å². The zero-order valence-corrected chi connectivity index (χ0v) is 17.0. The fourth-order valence-electron chi connectivity index (χ4n) is 3.09. The third-order valence-corrected chi connectivity index (χ3v) is 5.43. The molecule has 0 spiro atoms. The van der Waals surface area contributed by atoms with Crippen molar-refractivity contribution in [2.75, 3.05) is 30.5 Å². The largest absolute Gasteiger partial charge is 0.486 e. The van der Waals surface area contributed by atoms with E-state index in [1.165, 1.54) is 17.9 Å². The molecule has 0 radical (unpaired) electrons. The van der Waals surface area contributed by atoms with Crippen LogP contribution in [0.3, 0.4) is 0 Å². The van der Waals surface area contributed by atoms with Crippen molar-refractivity contribution in [3.8, 4) is 17.4 Å². The fraction of sp³-hybridized carbons (Fsp3) is 0.200. The van der Waals surface area contributed by atoms with Crippen molar-refractivity contribution in [1.82, 2.24) is 24.1 Å². The van der Waals surface area contributed by atoms with E-state index in [2.05, 4.69) is 30.8 Å². The zero-order valence-electron chi connectivity index (χ0n) is 16.2. The van der Waals surface area contributed by atoms with Gasteiger partial charge in [-0.05, 0) is 35.9 Å². The molecule has 2 aromatic carbocycles. The second-order valence-electron chi connectivity index (χ2n) is 6.66. The maximum atomic E-state index is 5.66. The maximum Gasteiger partial charge on any atom is 0.265 e. The number of benzene rings is 2. The average Bonchev–Trinajstić information content (AvgIpc) is 3.49. The van der Waals surface area contributed by atoms with Crippen LogP contribution in [0.15, 0.2) is 55.1 Å². The predicted molar refractivity (Wildman–Crippen MR) is 114 cm³/mol. The molecule has 0 saturated carbocycles. The number of ether oxygens (including phenoxy) is 2. The van der Waals surface area contributed by atoms with Gasteiger partial charge in [0.2, 0.25) is 5.13 Å². The Hall–Kier alpha value is -3.66. The summed E-state index contributed by atoms with van der Waals surface area (Å²) < 4.78 is 17.1. The lowest BCUT2D eigenvalue weighted by atomic mass is 10.2. The van der Waals surface area contributed by atoms with Crippen LogP contribution in [0.1, 0.15) is 5.56 Å². The molecular weight excluding hydrogens is 402 g/mol. The van der Waals surface area contributed by atoms with Gasteiger partial charge in [-0.3, -0.25) is 0 Å². The van der Waals surface area contributed by atoms with Crippen LogP contribution >= 0.6 is 11.5 Å². The molecule has 9 nitrogen and oxygen atoms in total. The van der Waals surface area contributed by atoms with Gasteiger partial charge in [-0.15, -0.1) is 4.37 Å². The van der Waals surface area contributed by atoms with Gasteiger partial charge in [0, 0.05) is 36.5 Å². The van der Waals surface area contributed by atoms with Crippen LogP contribution < -0.4 is 19.7 Å². The Balaban J connectivity index is 1.28. The summed E-state index contributed by atoms with van der Waals surface area (Å²) in [6, 6.07) is 14.2. The molecule has 152 valence electrons. The van der Waals surface area contributed by atoms with E-state index in [1.54, 1.807) is 11.0 Å². The van der Waals surface area contributed by atoms with Crippen molar-refractivity contribution in [2.45, 2.75) is 6.54 Å². The van der Waals surface area contributed by atoms with Gasteiger partial charge < -0.3 is 19.7 Å². The highest BCUT2D eigenvalue weighted by molar-refractivity contribution is 7.09. The zero-order chi connectivity index (χ0) is 20.3. The summed E-state index contributed by atoms with van der Waals surface area (Å²) in [6.07, 6.45) is 3.04. The van der Waals surface area contributed by atoms with Crippen molar-refractivity contribution in [3.63, 3.8) is 0 Å². The molecule has 5 rings (SSSR count). The average molecular weight is 421 g/mol. The van der Waals surface area contributed by atoms with Crippen LogP contribution in [-0.4, -0.2) is 44.4 Å². The van der Waals surface area contributed by atoms with E-state index in [4.69, 9.17) is 9.47 Å². The molecule has 4 aromatic rings. The van der Waals surface area contributed by atoms with Crippen molar-refractivity contribution >= 4 is 28.0 Å². The highest BCUT2D eigenvalue weighted by Crippen LogP contribution is 2.31. The highest BCUT2D eigenvalue weighted by atomic mass is 32.1. The minimum absolute atomic E-state index is 0.507. The molecule has 0 amide bonds. The first-order valence-corrected chi connectivity index (χ1v) is 10.2. The smallest absolute Gasteiger partial charge is 0.265 e. The highest BCUT2D eigenvalue weighted by Gasteiger charge is 2.13. The van der Waals surface area contributed by atoms with E-state index in [0.717, 1.165) is 33.6 Å². The van der Waals surface area contributed by atoms with Gasteiger partial charge in [-0.25, -0.2) is 4.98 Å². The molecule has 2 aromatic heterocycles. The Morgan fingerprint density at radius 1 is 1.13 bits per heavy atom. The molecule has 1 N–H and O–H groups in total. The van der Waals surface area contributed by atoms with E-state index in [0.29, 0.717) is 25.7 Å². The first kappa shape index (κ1) is 18.4. The Bertz CT molecular complexity index is 1150. The molecule has 1 aliphatic heterocycles. The second kappa shape index (κ2) is 7.99. The number of nitrogens with one attached hydrogen (secondary N) is 1. The van der Waals surface area contributed by atoms with Crippen LogP contribution in [0, 0.1) is 0 Å². The number of aromatic nitrogens is 5. The quantitative estimate of drug-likeness (QED) is 0.507. The summed E-state index contributed by atoms with van der Waals surface area (Å²) in [5.41, 5.74) is 3.14. The first-order chi connectivity index (χ1) is 14.8. The van der Waals surface area contributed by atoms with E-state index in [-0.39, 0.29) is 0 Å². The van der Waals surface area contributed by atoms with Crippen LogP contribution in [0.5, 0.6) is 11.5 Å². The normalized spacial score (nSPS) is 12.6. The van der Waals surface area contributed by atoms with E-state index >= 15 is 0 Å². The Labute approximate surface area is 177 Å². The Kier molecular flexibility index (Phi) is 4.89. The topological polar surface area (TPSA) is 90.2 Å². The minimum Gasteiger partial charge on any atom is -0.486 e. The lowest BCUT2D eigenvalue weighted by molar-refractivity contribution is 0.171. The lowest BCUT2D eigenvalue weighted by Crippen LogP contribution is -2.15. The molecular formula is C20H19N7O2S. The van der Waals surface area contributed by atoms with Gasteiger partial charge >= 0.3 is 0 Å². The Morgan fingerprint density at radius 3 is 2.90 bits per heavy atom. The monoisotopic (exact) mass is 421 g/mol. The predicted octanol–water partition coefficient (Wildman–Crippen LogP) is 3.27.